The van der Waals surface area contributed by atoms with Crippen LogP contribution >= 0.6 is 15.9 Å². The van der Waals surface area contributed by atoms with Gasteiger partial charge in [-0.15, -0.1) is 0 Å². The molecule has 0 radical (unpaired) electrons. The molecule has 0 bridgehead atoms. The summed E-state index contributed by atoms with van der Waals surface area (Å²) in [6.45, 7) is -0.543. The Hall–Kier alpha value is -1.15. The van der Waals surface area contributed by atoms with Gasteiger partial charge in [-0.3, -0.25) is 4.79 Å². The van der Waals surface area contributed by atoms with Crippen molar-refractivity contribution in [1.29, 1.82) is 0 Å². The molecule has 1 aromatic rings. The van der Waals surface area contributed by atoms with Crippen LogP contribution in [0, 0.1) is 5.82 Å². The molecule has 1 aliphatic rings. The molecule has 1 aliphatic carbocycles. The SMILES string of the molecule is NCC(=O)N(C1CC1)C(c1cccc(Br)c1F)C(F)(F)F. The molecule has 1 aromatic carbocycles. The van der Waals surface area contributed by atoms with Gasteiger partial charge in [0.25, 0.3) is 0 Å². The Morgan fingerprint density at radius 2 is 2.05 bits per heavy atom. The number of nitrogens with two attached hydrogens (primary N) is 1. The first kappa shape index (κ1) is 16.2. The molecule has 3 nitrogen and oxygen atoms in total. The predicted octanol–water partition coefficient (Wildman–Crippen LogP) is 3.14. The summed E-state index contributed by atoms with van der Waals surface area (Å²) < 4.78 is 54.3. The number of hydrogen-bond donors (Lipinski definition) is 1. The molecule has 1 fully saturated rings. The summed E-state index contributed by atoms with van der Waals surface area (Å²) in [5.41, 5.74) is 4.63. The molecule has 2 rings (SSSR count). The second-order valence-electron chi connectivity index (χ2n) is 4.82. The molecular weight excluding hydrogens is 356 g/mol. The standard InChI is InChI=1S/C13H13BrF4N2O/c14-9-3-1-2-8(11(9)15)12(13(16,17)18)20(7-4-5-7)10(21)6-19/h1-3,7,12H,4-6,19H2. The second-order valence-corrected chi connectivity index (χ2v) is 5.68. The number of rotatable bonds is 4. The summed E-state index contributed by atoms with van der Waals surface area (Å²) in [5.74, 6) is -1.85. The van der Waals surface area contributed by atoms with Gasteiger partial charge in [-0.25, -0.2) is 4.39 Å². The average Bonchev–Trinajstić information content (AvgIpc) is 3.22. The van der Waals surface area contributed by atoms with Crippen molar-refractivity contribution in [2.75, 3.05) is 6.54 Å². The molecular formula is C13H13BrF4N2O. The Bertz CT molecular complexity index is 545. The van der Waals surface area contributed by atoms with Crippen LogP contribution in [0.4, 0.5) is 17.6 Å². The van der Waals surface area contributed by atoms with Gasteiger partial charge in [-0.1, -0.05) is 12.1 Å². The molecule has 116 valence electrons. The smallest absolute Gasteiger partial charge is 0.323 e. The first-order valence-electron chi connectivity index (χ1n) is 6.29. The average molecular weight is 369 g/mol. The molecule has 0 aromatic heterocycles. The van der Waals surface area contributed by atoms with Gasteiger partial charge in [-0.2, -0.15) is 13.2 Å². The van der Waals surface area contributed by atoms with Crippen molar-refractivity contribution in [2.45, 2.75) is 31.1 Å². The monoisotopic (exact) mass is 368 g/mol. The summed E-state index contributed by atoms with van der Waals surface area (Å²) in [6, 6.07) is 0.791. The number of benzene rings is 1. The lowest BCUT2D eigenvalue weighted by Crippen LogP contribution is -2.46. The number of alkyl halides is 3. The van der Waals surface area contributed by atoms with E-state index in [0.29, 0.717) is 17.7 Å². The molecule has 2 N–H and O–H groups in total. The van der Waals surface area contributed by atoms with Crippen LogP contribution in [0.3, 0.4) is 0 Å². The predicted molar refractivity (Wildman–Crippen MR) is 71.8 cm³/mol. The Balaban J connectivity index is 2.52. The van der Waals surface area contributed by atoms with Crippen LogP contribution in [-0.2, 0) is 4.79 Å². The molecule has 1 saturated carbocycles. The molecule has 0 aliphatic heterocycles. The van der Waals surface area contributed by atoms with E-state index in [4.69, 9.17) is 5.73 Å². The highest BCUT2D eigenvalue weighted by atomic mass is 79.9. The molecule has 8 heteroatoms. The first-order chi connectivity index (χ1) is 9.77. The van der Waals surface area contributed by atoms with Crippen LogP contribution in [0.5, 0.6) is 0 Å². The van der Waals surface area contributed by atoms with E-state index in [0.717, 1.165) is 6.07 Å². The van der Waals surface area contributed by atoms with E-state index in [1.807, 2.05) is 0 Å². The molecule has 1 amide bonds. The van der Waals surface area contributed by atoms with Crippen LogP contribution in [0.15, 0.2) is 22.7 Å². The van der Waals surface area contributed by atoms with Crippen LogP contribution in [0.1, 0.15) is 24.4 Å². The van der Waals surface area contributed by atoms with Gasteiger partial charge in [0.15, 0.2) is 6.04 Å². The van der Waals surface area contributed by atoms with E-state index >= 15 is 0 Å². The summed E-state index contributed by atoms with van der Waals surface area (Å²) in [4.78, 5) is 12.5. The van der Waals surface area contributed by atoms with Crippen LogP contribution in [0.2, 0.25) is 0 Å². The van der Waals surface area contributed by atoms with Gasteiger partial charge < -0.3 is 10.6 Å². The minimum atomic E-state index is -4.78. The fourth-order valence-corrected chi connectivity index (χ4v) is 2.61. The second kappa shape index (κ2) is 5.92. The van der Waals surface area contributed by atoms with Gasteiger partial charge in [-0.05, 0) is 34.8 Å². The van der Waals surface area contributed by atoms with Crippen LogP contribution < -0.4 is 5.73 Å². The van der Waals surface area contributed by atoms with Gasteiger partial charge in [0.2, 0.25) is 5.91 Å². The minimum Gasteiger partial charge on any atom is -0.323 e. The van der Waals surface area contributed by atoms with Crippen molar-refractivity contribution in [3.05, 3.63) is 34.1 Å². The van der Waals surface area contributed by atoms with E-state index in [1.54, 1.807) is 0 Å². The third kappa shape index (κ3) is 3.37. The summed E-state index contributed by atoms with van der Waals surface area (Å²) >= 11 is 2.87. The highest BCUT2D eigenvalue weighted by Crippen LogP contribution is 2.44. The molecule has 0 spiro atoms. The molecule has 1 unspecified atom stereocenters. The highest BCUT2D eigenvalue weighted by Gasteiger charge is 2.51. The quantitative estimate of drug-likeness (QED) is 0.829. The number of carbonyl (C=O) groups is 1. The summed E-state index contributed by atoms with van der Waals surface area (Å²) in [7, 11) is 0. The van der Waals surface area contributed by atoms with E-state index in [1.165, 1.54) is 12.1 Å². The van der Waals surface area contributed by atoms with Crippen molar-refractivity contribution in [3.8, 4) is 0 Å². The van der Waals surface area contributed by atoms with Crippen molar-refractivity contribution >= 4 is 21.8 Å². The maximum absolute atomic E-state index is 14.1. The van der Waals surface area contributed by atoms with Crippen molar-refractivity contribution in [3.63, 3.8) is 0 Å². The fraction of sp³-hybridized carbons (Fsp3) is 0.462. The van der Waals surface area contributed by atoms with Gasteiger partial charge in [0.1, 0.15) is 5.82 Å². The molecule has 21 heavy (non-hydrogen) atoms. The Labute approximate surface area is 127 Å². The third-order valence-corrected chi connectivity index (χ3v) is 3.88. The van der Waals surface area contributed by atoms with Gasteiger partial charge in [0, 0.05) is 11.6 Å². The first-order valence-corrected chi connectivity index (χ1v) is 7.08. The fourth-order valence-electron chi connectivity index (χ4n) is 2.23. The number of carbonyl (C=O) groups excluding carboxylic acids is 1. The topological polar surface area (TPSA) is 46.3 Å². The van der Waals surface area contributed by atoms with E-state index in [-0.39, 0.29) is 4.47 Å². The maximum Gasteiger partial charge on any atom is 0.413 e. The number of amides is 1. The van der Waals surface area contributed by atoms with E-state index in [2.05, 4.69) is 15.9 Å². The van der Waals surface area contributed by atoms with Crippen molar-refractivity contribution in [1.82, 2.24) is 4.90 Å². The zero-order valence-electron chi connectivity index (χ0n) is 10.8. The lowest BCUT2D eigenvalue weighted by molar-refractivity contribution is -0.193. The molecule has 0 saturated heterocycles. The van der Waals surface area contributed by atoms with E-state index < -0.39 is 42.1 Å². The number of halogens is 5. The Morgan fingerprint density at radius 1 is 1.43 bits per heavy atom. The summed E-state index contributed by atoms with van der Waals surface area (Å²) in [6.07, 6.45) is -3.85. The number of hydrogen-bond acceptors (Lipinski definition) is 2. The van der Waals surface area contributed by atoms with Gasteiger partial charge >= 0.3 is 6.18 Å². The lowest BCUT2D eigenvalue weighted by Gasteiger charge is -2.33. The Morgan fingerprint density at radius 3 is 2.52 bits per heavy atom. The van der Waals surface area contributed by atoms with E-state index in [9.17, 15) is 22.4 Å². The van der Waals surface area contributed by atoms with Crippen LogP contribution in [-0.4, -0.2) is 29.6 Å². The summed E-state index contributed by atoms with van der Waals surface area (Å²) in [5, 5.41) is 0. The highest BCUT2D eigenvalue weighted by molar-refractivity contribution is 9.10. The van der Waals surface area contributed by atoms with Crippen LogP contribution in [0.25, 0.3) is 0 Å². The van der Waals surface area contributed by atoms with Crippen molar-refractivity contribution < 1.29 is 22.4 Å². The minimum absolute atomic E-state index is 0.0785. The normalized spacial score (nSPS) is 16.7. The number of nitrogens with zero attached hydrogens (tertiary/aromatic N) is 1. The zero-order valence-corrected chi connectivity index (χ0v) is 12.4. The van der Waals surface area contributed by atoms with Crippen molar-refractivity contribution in [2.24, 2.45) is 5.73 Å². The molecule has 0 heterocycles. The third-order valence-electron chi connectivity index (χ3n) is 3.27. The lowest BCUT2D eigenvalue weighted by atomic mass is 10.0. The zero-order chi connectivity index (χ0) is 15.8. The maximum atomic E-state index is 14.1. The Kier molecular flexibility index (Phi) is 4.57. The largest absolute Gasteiger partial charge is 0.413 e. The van der Waals surface area contributed by atoms with Gasteiger partial charge in [0.05, 0.1) is 11.0 Å². The molecule has 1 atom stereocenters.